The maximum atomic E-state index is 13.1. The lowest BCUT2D eigenvalue weighted by atomic mass is 9.92. The number of piperidine rings is 1. The fourth-order valence-corrected chi connectivity index (χ4v) is 4.18. The van der Waals surface area contributed by atoms with E-state index in [-0.39, 0.29) is 5.91 Å². The molecule has 5 nitrogen and oxygen atoms in total. The average Bonchev–Trinajstić information content (AvgIpc) is 3.04. The number of carbonyl (C=O) groups excluding carboxylic acids is 1. The van der Waals surface area contributed by atoms with Crippen molar-refractivity contribution in [3.8, 4) is 5.75 Å². The fraction of sp³-hybridized carbons (Fsp3) is 0.391. The third-order valence-electron chi connectivity index (χ3n) is 5.36. The SMILES string of the molecule is CC1CC(C)CN(C(=O)Cn2c(COc3ccccc3)nc3ccccc32)C1. The van der Waals surface area contributed by atoms with Gasteiger partial charge in [-0.25, -0.2) is 4.98 Å². The zero-order valence-electron chi connectivity index (χ0n) is 16.5. The number of amides is 1. The van der Waals surface area contributed by atoms with E-state index in [1.807, 2.05) is 64.1 Å². The normalized spacial score (nSPS) is 19.7. The molecule has 2 atom stereocenters. The molecule has 0 bridgehead atoms. The third kappa shape index (κ3) is 4.03. The molecule has 4 rings (SSSR count). The first-order chi connectivity index (χ1) is 13.6. The number of hydrogen-bond donors (Lipinski definition) is 0. The van der Waals surface area contributed by atoms with Gasteiger partial charge in [-0.3, -0.25) is 4.79 Å². The number of ether oxygens (including phenoxy) is 1. The number of likely N-dealkylation sites (tertiary alicyclic amines) is 1. The van der Waals surface area contributed by atoms with Crippen LogP contribution in [0, 0.1) is 11.8 Å². The van der Waals surface area contributed by atoms with Crippen LogP contribution in [0.2, 0.25) is 0 Å². The lowest BCUT2D eigenvalue weighted by Gasteiger charge is -2.35. The van der Waals surface area contributed by atoms with Gasteiger partial charge >= 0.3 is 0 Å². The molecule has 1 amide bonds. The van der Waals surface area contributed by atoms with Crippen molar-refractivity contribution >= 4 is 16.9 Å². The highest BCUT2D eigenvalue weighted by Crippen LogP contribution is 2.23. The predicted molar refractivity (Wildman–Crippen MR) is 110 cm³/mol. The van der Waals surface area contributed by atoms with Crippen LogP contribution < -0.4 is 4.74 Å². The molecular formula is C23H27N3O2. The van der Waals surface area contributed by atoms with E-state index in [1.165, 1.54) is 6.42 Å². The van der Waals surface area contributed by atoms with E-state index in [9.17, 15) is 4.79 Å². The lowest BCUT2D eigenvalue weighted by Crippen LogP contribution is -2.44. The Labute approximate surface area is 165 Å². The monoisotopic (exact) mass is 377 g/mol. The predicted octanol–water partition coefficient (Wildman–Crippen LogP) is 4.12. The first-order valence-corrected chi connectivity index (χ1v) is 10.00. The number of hydrogen-bond acceptors (Lipinski definition) is 3. The summed E-state index contributed by atoms with van der Waals surface area (Å²) in [6.07, 6.45) is 1.19. The summed E-state index contributed by atoms with van der Waals surface area (Å²) in [6.45, 7) is 6.76. The zero-order valence-corrected chi connectivity index (χ0v) is 16.5. The summed E-state index contributed by atoms with van der Waals surface area (Å²) in [5, 5.41) is 0. The quantitative estimate of drug-likeness (QED) is 0.672. The van der Waals surface area contributed by atoms with Crippen molar-refractivity contribution < 1.29 is 9.53 Å². The van der Waals surface area contributed by atoms with Crippen molar-refractivity contribution in [3.63, 3.8) is 0 Å². The van der Waals surface area contributed by atoms with E-state index in [0.717, 1.165) is 35.7 Å². The molecule has 1 aliphatic heterocycles. The van der Waals surface area contributed by atoms with Crippen molar-refractivity contribution in [2.75, 3.05) is 13.1 Å². The van der Waals surface area contributed by atoms with Gasteiger partial charge in [0.15, 0.2) is 0 Å². The number of benzene rings is 2. The molecule has 1 saturated heterocycles. The van der Waals surface area contributed by atoms with E-state index in [4.69, 9.17) is 9.72 Å². The second-order valence-corrected chi connectivity index (χ2v) is 7.95. The molecule has 146 valence electrons. The van der Waals surface area contributed by atoms with Crippen LogP contribution in [-0.4, -0.2) is 33.4 Å². The van der Waals surface area contributed by atoms with Gasteiger partial charge in [-0.15, -0.1) is 0 Å². The van der Waals surface area contributed by atoms with Gasteiger partial charge in [0.25, 0.3) is 0 Å². The second-order valence-electron chi connectivity index (χ2n) is 7.95. The Morgan fingerprint density at radius 2 is 1.71 bits per heavy atom. The van der Waals surface area contributed by atoms with E-state index >= 15 is 0 Å². The van der Waals surface area contributed by atoms with Gasteiger partial charge in [-0.1, -0.05) is 44.2 Å². The Kier molecular flexibility index (Phi) is 5.33. The molecule has 1 fully saturated rings. The van der Waals surface area contributed by atoms with Crippen LogP contribution in [-0.2, 0) is 17.9 Å². The van der Waals surface area contributed by atoms with Crippen LogP contribution in [0.1, 0.15) is 26.1 Å². The van der Waals surface area contributed by atoms with Crippen LogP contribution in [0.4, 0.5) is 0 Å². The van der Waals surface area contributed by atoms with Crippen LogP contribution in [0.15, 0.2) is 54.6 Å². The minimum Gasteiger partial charge on any atom is -0.486 e. The summed E-state index contributed by atoms with van der Waals surface area (Å²) in [5.41, 5.74) is 1.86. The number of nitrogens with zero attached hydrogens (tertiary/aromatic N) is 3. The van der Waals surface area contributed by atoms with Crippen LogP contribution >= 0.6 is 0 Å². The maximum absolute atomic E-state index is 13.1. The molecule has 28 heavy (non-hydrogen) atoms. The fourth-order valence-electron chi connectivity index (χ4n) is 4.18. The van der Waals surface area contributed by atoms with Crippen molar-refractivity contribution in [3.05, 3.63) is 60.4 Å². The van der Waals surface area contributed by atoms with Gasteiger partial charge in [0.1, 0.15) is 24.7 Å². The van der Waals surface area contributed by atoms with Gasteiger partial charge in [-0.2, -0.15) is 0 Å². The molecule has 0 spiro atoms. The molecule has 1 aliphatic rings. The van der Waals surface area contributed by atoms with Crippen molar-refractivity contribution in [2.24, 2.45) is 11.8 Å². The summed E-state index contributed by atoms with van der Waals surface area (Å²) in [6, 6.07) is 17.7. The summed E-state index contributed by atoms with van der Waals surface area (Å²) in [5.74, 6) is 2.83. The molecule has 2 heterocycles. The second kappa shape index (κ2) is 8.05. The number of rotatable bonds is 5. The van der Waals surface area contributed by atoms with Crippen LogP contribution in [0.5, 0.6) is 5.75 Å². The molecule has 2 unspecified atom stereocenters. The Hall–Kier alpha value is -2.82. The average molecular weight is 377 g/mol. The van der Waals surface area contributed by atoms with E-state index in [1.54, 1.807) is 0 Å². The summed E-state index contributed by atoms with van der Waals surface area (Å²) < 4.78 is 7.92. The number of fused-ring (bicyclic) bond motifs is 1. The van der Waals surface area contributed by atoms with Crippen LogP contribution in [0.25, 0.3) is 11.0 Å². The smallest absolute Gasteiger partial charge is 0.242 e. The Morgan fingerprint density at radius 3 is 2.46 bits per heavy atom. The Balaban J connectivity index is 1.57. The highest BCUT2D eigenvalue weighted by Gasteiger charge is 2.26. The summed E-state index contributed by atoms with van der Waals surface area (Å²) in [7, 11) is 0. The molecule has 3 aromatic rings. The molecule has 0 saturated carbocycles. The van der Waals surface area contributed by atoms with E-state index in [0.29, 0.717) is 25.0 Å². The number of para-hydroxylation sites is 3. The maximum Gasteiger partial charge on any atom is 0.242 e. The van der Waals surface area contributed by atoms with Gasteiger partial charge in [0, 0.05) is 13.1 Å². The van der Waals surface area contributed by atoms with Gasteiger partial charge in [-0.05, 0) is 42.5 Å². The topological polar surface area (TPSA) is 47.4 Å². The Bertz CT molecular complexity index is 941. The summed E-state index contributed by atoms with van der Waals surface area (Å²) >= 11 is 0. The van der Waals surface area contributed by atoms with Gasteiger partial charge in [0.2, 0.25) is 5.91 Å². The zero-order chi connectivity index (χ0) is 19.5. The molecule has 2 aromatic carbocycles. The standard InChI is InChI=1S/C23H27N3O2/c1-17-12-18(2)14-25(13-17)23(27)15-26-21-11-7-6-10-20(21)24-22(26)16-28-19-8-4-3-5-9-19/h3-11,17-18H,12-16H2,1-2H3. The highest BCUT2D eigenvalue weighted by molar-refractivity contribution is 5.81. The minimum absolute atomic E-state index is 0.155. The van der Waals surface area contributed by atoms with Gasteiger partial charge in [0.05, 0.1) is 11.0 Å². The van der Waals surface area contributed by atoms with Crippen molar-refractivity contribution in [2.45, 2.75) is 33.4 Å². The highest BCUT2D eigenvalue weighted by atomic mass is 16.5. The summed E-state index contributed by atoms with van der Waals surface area (Å²) in [4.78, 5) is 19.8. The first kappa shape index (κ1) is 18.5. The molecule has 0 N–H and O–H groups in total. The van der Waals surface area contributed by atoms with Crippen molar-refractivity contribution in [1.29, 1.82) is 0 Å². The molecule has 0 radical (unpaired) electrons. The minimum atomic E-state index is 0.155. The molecule has 1 aromatic heterocycles. The number of carbonyl (C=O) groups is 1. The number of aromatic nitrogens is 2. The largest absolute Gasteiger partial charge is 0.486 e. The van der Waals surface area contributed by atoms with Crippen LogP contribution in [0.3, 0.4) is 0 Å². The number of imidazole rings is 1. The lowest BCUT2D eigenvalue weighted by molar-refractivity contribution is -0.134. The van der Waals surface area contributed by atoms with E-state index < -0.39 is 0 Å². The van der Waals surface area contributed by atoms with Crippen molar-refractivity contribution in [1.82, 2.24) is 14.5 Å². The first-order valence-electron chi connectivity index (χ1n) is 10.00. The molecular weight excluding hydrogens is 350 g/mol. The molecule has 5 heteroatoms. The third-order valence-corrected chi connectivity index (χ3v) is 5.36. The van der Waals surface area contributed by atoms with Gasteiger partial charge < -0.3 is 14.2 Å². The Morgan fingerprint density at radius 1 is 1.04 bits per heavy atom. The van der Waals surface area contributed by atoms with E-state index in [2.05, 4.69) is 13.8 Å². The molecule has 0 aliphatic carbocycles.